The van der Waals surface area contributed by atoms with Gasteiger partial charge in [-0.15, -0.1) is 0 Å². The average Bonchev–Trinajstić information content (AvgIpc) is 4.51. The predicted molar refractivity (Wildman–Crippen MR) is 319 cm³/mol. The second kappa shape index (κ2) is 33.0. The van der Waals surface area contributed by atoms with Crippen LogP contribution in [0.15, 0.2) is 165 Å². The van der Waals surface area contributed by atoms with Gasteiger partial charge >= 0.3 is 0 Å². The Morgan fingerprint density at radius 1 is 0.560 bits per heavy atom. The lowest BCUT2D eigenvalue weighted by molar-refractivity contribution is -0.152. The molecular formula is C62H53Br4F7N2O9. The van der Waals surface area contributed by atoms with Crippen LogP contribution in [0, 0.1) is 52.1 Å². The highest BCUT2D eigenvalue weighted by atomic mass is 79.9. The van der Waals surface area contributed by atoms with Gasteiger partial charge in [-0.05, 0) is 205 Å². The smallest absolute Gasteiger partial charge is 0.191 e. The molecule has 0 bridgehead atoms. The Morgan fingerprint density at radius 3 is 1.64 bits per heavy atom. The molecular weight excluding hydrogens is 1370 g/mol. The Labute approximate surface area is 512 Å². The van der Waals surface area contributed by atoms with Crippen molar-refractivity contribution in [1.29, 1.82) is 5.26 Å². The molecule has 7 aromatic carbocycles. The Hall–Kier alpha value is -6.84. The van der Waals surface area contributed by atoms with Crippen molar-refractivity contribution >= 4 is 96.6 Å². The van der Waals surface area contributed by atoms with Crippen LogP contribution in [0.4, 0.5) is 30.7 Å². The summed E-state index contributed by atoms with van der Waals surface area (Å²) in [7, 11) is 0. The van der Waals surface area contributed by atoms with Gasteiger partial charge in [0.25, 0.3) is 0 Å². The molecule has 3 aromatic heterocycles. The van der Waals surface area contributed by atoms with Gasteiger partial charge in [-0.3, -0.25) is 0 Å². The van der Waals surface area contributed by atoms with Crippen molar-refractivity contribution in [3.8, 4) is 29.1 Å². The summed E-state index contributed by atoms with van der Waals surface area (Å²) in [6, 6.07) is 30.1. The van der Waals surface area contributed by atoms with Gasteiger partial charge in [0.1, 0.15) is 93.1 Å². The minimum Gasteiger partial charge on any atom is -0.508 e. The van der Waals surface area contributed by atoms with E-state index in [1.54, 1.807) is 60.7 Å². The zero-order valence-electron chi connectivity index (χ0n) is 45.0. The van der Waals surface area contributed by atoms with E-state index in [0.717, 1.165) is 58.2 Å². The average molecular weight is 1420 g/mol. The molecule has 0 fully saturated rings. The van der Waals surface area contributed by atoms with E-state index in [-0.39, 0.29) is 63.8 Å². The van der Waals surface area contributed by atoms with Crippen LogP contribution in [0.2, 0.25) is 0 Å². The van der Waals surface area contributed by atoms with Crippen LogP contribution in [0.5, 0.6) is 23.0 Å². The van der Waals surface area contributed by atoms with Crippen LogP contribution >= 0.6 is 63.7 Å². The fraction of sp³-hybridized carbons (Fsp3) is 0.210. The minimum absolute atomic E-state index is 0.0428. The van der Waals surface area contributed by atoms with Gasteiger partial charge in [-0.2, -0.15) is 5.26 Å². The zero-order valence-corrected chi connectivity index (χ0v) is 51.4. The van der Waals surface area contributed by atoms with Gasteiger partial charge in [-0.25, -0.2) is 30.7 Å². The summed E-state index contributed by atoms with van der Waals surface area (Å²) in [5.74, 6) is 0.250. The fourth-order valence-electron chi connectivity index (χ4n) is 8.04. The van der Waals surface area contributed by atoms with E-state index in [4.69, 9.17) is 53.0 Å². The topological polar surface area (TPSA) is 156 Å². The molecule has 10 aromatic rings. The largest absolute Gasteiger partial charge is 0.508 e. The number of halogens is 11. The maximum Gasteiger partial charge on any atom is 0.191 e. The lowest BCUT2D eigenvalue weighted by Crippen LogP contribution is -2.25. The van der Waals surface area contributed by atoms with Gasteiger partial charge in [-0.1, -0.05) is 6.92 Å². The molecule has 0 saturated heterocycles. The summed E-state index contributed by atoms with van der Waals surface area (Å²) in [4.78, 5) is 0. The second-order valence-electron chi connectivity index (χ2n) is 17.4. The molecule has 5 heterocycles. The van der Waals surface area contributed by atoms with Crippen molar-refractivity contribution in [1.82, 2.24) is 0 Å². The van der Waals surface area contributed by atoms with Gasteiger partial charge in [0.2, 0.25) is 0 Å². The third kappa shape index (κ3) is 18.3. The Kier molecular flexibility index (Phi) is 26.1. The molecule has 2 aliphatic heterocycles. The number of nitriles is 1. The number of furan rings is 3. The van der Waals surface area contributed by atoms with E-state index in [1.165, 1.54) is 79.5 Å². The first-order valence-electron chi connectivity index (χ1n) is 25.6. The Morgan fingerprint density at radius 2 is 1.07 bits per heavy atom. The van der Waals surface area contributed by atoms with Crippen LogP contribution < -0.4 is 19.9 Å². The van der Waals surface area contributed by atoms with Crippen LogP contribution in [-0.4, -0.2) is 44.4 Å². The van der Waals surface area contributed by atoms with Crippen molar-refractivity contribution < 1.29 is 72.8 Å². The maximum atomic E-state index is 13.2. The van der Waals surface area contributed by atoms with Crippen molar-refractivity contribution in [3.05, 3.63) is 220 Å². The molecule has 0 saturated carbocycles. The van der Waals surface area contributed by atoms with E-state index >= 15 is 0 Å². The number of benzene rings is 7. The number of ether oxygens (including phenoxy) is 5. The summed E-state index contributed by atoms with van der Waals surface area (Å²) in [5.41, 5.74) is 10.8. The van der Waals surface area contributed by atoms with Crippen LogP contribution in [0.3, 0.4) is 0 Å². The van der Waals surface area contributed by atoms with Crippen molar-refractivity contribution in [2.45, 2.75) is 52.9 Å². The predicted octanol–water partition coefficient (Wildman–Crippen LogP) is 18.3. The van der Waals surface area contributed by atoms with Crippen molar-refractivity contribution in [2.75, 3.05) is 33.0 Å². The Balaban J connectivity index is 0.000000158. The number of rotatable bonds is 9. The number of phenols is 1. The molecule has 442 valence electrons. The SMILES string of the molecule is CCOC(COc1ccc(F)c(Br)c1)OCC.CCc1c(F)ccc2c1CCO2.Fc1cc2ccoc2cc1Br.Fc1ccc2occc2c1Br.N#Cc1c(F)ccc2occc12.NCc1c(F)ccc2c1CCO2.Oc1ccc(F)c(Br)c1. The monoisotopic (exact) mass is 1420 g/mol. The number of fused-ring (bicyclic) bond motifs is 5. The zero-order chi connectivity index (χ0) is 60.9. The highest BCUT2D eigenvalue weighted by Gasteiger charge is 2.19. The van der Waals surface area contributed by atoms with Gasteiger partial charge in [0, 0.05) is 65.4 Å². The molecule has 3 N–H and O–H groups in total. The number of nitrogens with zero attached hydrogens (tertiary/aromatic N) is 1. The quantitative estimate of drug-likeness (QED) is 0.105. The van der Waals surface area contributed by atoms with Gasteiger partial charge in [0.15, 0.2) is 6.29 Å². The van der Waals surface area contributed by atoms with Crippen LogP contribution in [0.1, 0.15) is 48.6 Å². The number of phenolic OH excluding ortho intramolecular Hbond substituents is 1. The second-order valence-corrected chi connectivity index (χ2v) is 20.7. The van der Waals surface area contributed by atoms with E-state index in [2.05, 4.69) is 63.7 Å². The third-order valence-corrected chi connectivity index (χ3v) is 14.7. The van der Waals surface area contributed by atoms with Gasteiger partial charge < -0.3 is 47.8 Å². The van der Waals surface area contributed by atoms with Gasteiger partial charge in [0.05, 0.1) is 55.5 Å². The lowest BCUT2D eigenvalue weighted by atomic mass is 10.0. The molecule has 22 heteroatoms. The first-order chi connectivity index (χ1) is 40.4. The third-order valence-electron chi connectivity index (χ3n) is 12.0. The molecule has 84 heavy (non-hydrogen) atoms. The van der Waals surface area contributed by atoms with E-state index in [9.17, 15) is 30.7 Å². The molecule has 0 radical (unpaired) electrons. The molecule has 0 aliphatic carbocycles. The number of hydrogen-bond acceptors (Lipinski definition) is 11. The Bertz CT molecular complexity index is 3710. The summed E-state index contributed by atoms with van der Waals surface area (Å²) < 4.78 is 134. The highest BCUT2D eigenvalue weighted by molar-refractivity contribution is 9.11. The fourth-order valence-corrected chi connectivity index (χ4v) is 9.54. The number of nitrogens with two attached hydrogens (primary N) is 1. The van der Waals surface area contributed by atoms with E-state index < -0.39 is 12.1 Å². The normalized spacial score (nSPS) is 11.5. The summed E-state index contributed by atoms with van der Waals surface area (Å²) in [6.45, 7) is 8.73. The molecule has 11 nitrogen and oxygen atoms in total. The van der Waals surface area contributed by atoms with E-state index in [1.807, 2.05) is 20.8 Å². The number of aromatic hydroxyl groups is 1. The molecule has 0 amide bonds. The molecule has 2 aliphatic rings. The first kappa shape index (κ1) is 66.3. The van der Waals surface area contributed by atoms with Crippen LogP contribution in [0.25, 0.3) is 32.9 Å². The minimum atomic E-state index is -0.508. The van der Waals surface area contributed by atoms with E-state index in [0.29, 0.717) is 73.3 Å². The first-order valence-corrected chi connectivity index (χ1v) is 28.8. The number of hydrogen-bond donors (Lipinski definition) is 2. The summed E-state index contributed by atoms with van der Waals surface area (Å²) >= 11 is 12.2. The summed E-state index contributed by atoms with van der Waals surface area (Å²) in [6.07, 6.45) is 6.50. The summed E-state index contributed by atoms with van der Waals surface area (Å²) in [5, 5.41) is 19.4. The molecule has 0 spiro atoms. The molecule has 12 rings (SSSR count). The standard InChI is InChI=1S/C12H16BrFO3.C10H11FO.C9H10FNO.C9H4FNO.2C8H4BrFO.C6H4BrFO/c1-3-15-12(16-4-2)8-17-9-5-6-11(14)10(13)7-9;1-2-7-8-5-6-12-10(8)4-3-9(7)11;2*10-8-1-2-9-6(3-4-12-9)7(8)5-11;9-6-4-8-5(1-2-11-8)3-7(6)10;9-8-5-3-4-11-7(5)2-1-6(8)10;7-5-3-4(9)1-2-6(5)8/h5-7,12H,3-4,8H2,1-2H3;3-4H,2,5-6H2,1H3;1-2H,3-5,11H2;1-4H;2*1-4H;1-3,9H. The molecule has 0 atom stereocenters. The maximum absolute atomic E-state index is 13.2. The molecule has 0 unspecified atom stereocenters. The highest BCUT2D eigenvalue weighted by Crippen LogP contribution is 2.32. The van der Waals surface area contributed by atoms with Crippen LogP contribution in [-0.2, 0) is 35.3 Å². The lowest BCUT2D eigenvalue weighted by Gasteiger charge is -2.17. The van der Waals surface area contributed by atoms with Crippen molar-refractivity contribution in [3.63, 3.8) is 0 Å². The van der Waals surface area contributed by atoms with Crippen molar-refractivity contribution in [2.24, 2.45) is 5.73 Å².